The fourth-order valence-electron chi connectivity index (χ4n) is 2.56. The largest absolute Gasteiger partial charge is 0.381 e. The van der Waals surface area contributed by atoms with Crippen LogP contribution in [0.25, 0.3) is 0 Å². The van der Waals surface area contributed by atoms with Crippen LogP contribution in [0.5, 0.6) is 0 Å². The van der Waals surface area contributed by atoms with Gasteiger partial charge in [0.05, 0.1) is 4.90 Å². The zero-order valence-electron chi connectivity index (χ0n) is 15.3. The van der Waals surface area contributed by atoms with Crippen LogP contribution in [0.4, 0.5) is 0 Å². The average molecular weight is 368 g/mol. The molecule has 6 nitrogen and oxygen atoms in total. The van der Waals surface area contributed by atoms with Crippen molar-refractivity contribution in [2.45, 2.75) is 37.6 Å². The summed E-state index contributed by atoms with van der Waals surface area (Å²) in [5, 5.41) is 6.50. The summed E-state index contributed by atoms with van der Waals surface area (Å²) < 4.78 is 28.9. The maximum atomic E-state index is 11.7. The van der Waals surface area contributed by atoms with Crippen LogP contribution in [-0.2, 0) is 21.1 Å². The lowest BCUT2D eigenvalue weighted by atomic mass is 10.1. The molecule has 0 unspecified atom stereocenters. The number of ether oxygens (including phenoxy) is 1. The van der Waals surface area contributed by atoms with Crippen molar-refractivity contribution in [3.63, 3.8) is 0 Å². The van der Waals surface area contributed by atoms with Crippen molar-refractivity contribution < 1.29 is 13.2 Å². The minimum Gasteiger partial charge on any atom is -0.381 e. The average Bonchev–Trinajstić information content (AvgIpc) is 3.36. The summed E-state index contributed by atoms with van der Waals surface area (Å²) in [6.07, 6.45) is 4.81. The van der Waals surface area contributed by atoms with Crippen molar-refractivity contribution in [3.8, 4) is 0 Å². The molecule has 0 heterocycles. The van der Waals surface area contributed by atoms with Gasteiger partial charge in [0.15, 0.2) is 15.8 Å². The Morgan fingerprint density at radius 3 is 2.68 bits per heavy atom. The molecule has 7 heteroatoms. The van der Waals surface area contributed by atoms with Gasteiger partial charge in [-0.2, -0.15) is 0 Å². The van der Waals surface area contributed by atoms with Crippen LogP contribution < -0.4 is 10.6 Å². The van der Waals surface area contributed by atoms with E-state index in [9.17, 15) is 8.42 Å². The second-order valence-electron chi connectivity index (χ2n) is 6.60. The fraction of sp³-hybridized carbons (Fsp3) is 0.611. The third-order valence-electron chi connectivity index (χ3n) is 4.13. The van der Waals surface area contributed by atoms with Gasteiger partial charge in [-0.05, 0) is 49.3 Å². The normalized spacial score (nSPS) is 15.2. The van der Waals surface area contributed by atoms with E-state index >= 15 is 0 Å². The van der Waals surface area contributed by atoms with Crippen LogP contribution in [-0.4, -0.2) is 47.4 Å². The maximum absolute atomic E-state index is 11.7. The molecule has 1 aliphatic rings. The molecule has 2 N–H and O–H groups in total. The molecule has 0 aliphatic heterocycles. The van der Waals surface area contributed by atoms with E-state index in [1.54, 1.807) is 13.1 Å². The first-order valence-electron chi connectivity index (χ1n) is 8.72. The van der Waals surface area contributed by atoms with E-state index in [0.717, 1.165) is 49.2 Å². The highest BCUT2D eigenvalue weighted by molar-refractivity contribution is 7.90. The molecule has 0 aromatic heterocycles. The van der Waals surface area contributed by atoms with Crippen LogP contribution >= 0.6 is 0 Å². The molecule has 1 fully saturated rings. The van der Waals surface area contributed by atoms with Gasteiger partial charge >= 0.3 is 0 Å². The van der Waals surface area contributed by atoms with E-state index in [0.29, 0.717) is 11.4 Å². The molecule has 0 radical (unpaired) electrons. The monoisotopic (exact) mass is 367 g/mol. The number of nitrogens with one attached hydrogen (secondary N) is 2. The molecular weight excluding hydrogens is 338 g/mol. The Balaban J connectivity index is 1.71. The molecule has 0 bridgehead atoms. The lowest BCUT2D eigenvalue weighted by molar-refractivity contribution is 0.123. The summed E-state index contributed by atoms with van der Waals surface area (Å²) in [6.45, 7) is 4.87. The first kappa shape index (κ1) is 19.7. The molecule has 0 spiro atoms. The third-order valence-corrected chi connectivity index (χ3v) is 5.39. The number of aliphatic imine (C=N–C) groups is 1. The van der Waals surface area contributed by atoms with Crippen LogP contribution in [0.2, 0.25) is 0 Å². The van der Waals surface area contributed by atoms with Crippen LogP contribution in [0.1, 0.15) is 30.4 Å². The number of sulfone groups is 1. The van der Waals surface area contributed by atoms with Gasteiger partial charge in [-0.15, -0.1) is 0 Å². The van der Waals surface area contributed by atoms with Gasteiger partial charge in [-0.3, -0.25) is 4.99 Å². The first-order valence-corrected chi connectivity index (χ1v) is 10.6. The molecule has 1 saturated carbocycles. The van der Waals surface area contributed by atoms with Crippen molar-refractivity contribution in [3.05, 3.63) is 29.3 Å². The number of hydrogen-bond donors (Lipinski definition) is 2. The number of rotatable bonds is 9. The third kappa shape index (κ3) is 7.04. The van der Waals surface area contributed by atoms with Gasteiger partial charge in [-0.25, -0.2) is 8.42 Å². The summed E-state index contributed by atoms with van der Waals surface area (Å²) in [5.74, 6) is 1.53. The van der Waals surface area contributed by atoms with Gasteiger partial charge in [0, 0.05) is 39.6 Å². The van der Waals surface area contributed by atoms with E-state index in [-0.39, 0.29) is 0 Å². The van der Waals surface area contributed by atoms with Crippen LogP contribution in [0, 0.1) is 12.8 Å². The van der Waals surface area contributed by atoms with E-state index in [1.807, 2.05) is 19.1 Å². The lowest BCUT2D eigenvalue weighted by Crippen LogP contribution is -2.37. The molecular formula is C18H29N3O3S. The van der Waals surface area contributed by atoms with Crippen LogP contribution in [0.3, 0.4) is 0 Å². The van der Waals surface area contributed by atoms with Gasteiger partial charge in [-0.1, -0.05) is 12.1 Å². The maximum Gasteiger partial charge on any atom is 0.191 e. The summed E-state index contributed by atoms with van der Waals surface area (Å²) in [6, 6.07) is 5.38. The van der Waals surface area contributed by atoms with Gasteiger partial charge in [0.25, 0.3) is 0 Å². The minimum atomic E-state index is -3.18. The van der Waals surface area contributed by atoms with E-state index in [1.165, 1.54) is 19.1 Å². The molecule has 1 aromatic carbocycles. The Morgan fingerprint density at radius 1 is 1.32 bits per heavy atom. The first-order chi connectivity index (χ1) is 11.9. The van der Waals surface area contributed by atoms with Gasteiger partial charge in [0.1, 0.15) is 0 Å². The smallest absolute Gasteiger partial charge is 0.191 e. The predicted molar refractivity (Wildman–Crippen MR) is 101 cm³/mol. The van der Waals surface area contributed by atoms with E-state index in [4.69, 9.17) is 4.74 Å². The Bertz CT molecular complexity index is 698. The fourth-order valence-corrected chi connectivity index (χ4v) is 3.52. The number of hydrogen-bond acceptors (Lipinski definition) is 4. The van der Waals surface area contributed by atoms with E-state index in [2.05, 4.69) is 15.6 Å². The predicted octanol–water partition coefficient (Wildman–Crippen LogP) is 1.88. The Morgan fingerprint density at radius 2 is 2.08 bits per heavy atom. The van der Waals surface area contributed by atoms with Gasteiger partial charge in [0.2, 0.25) is 0 Å². The molecule has 0 saturated heterocycles. The van der Waals surface area contributed by atoms with Crippen molar-refractivity contribution in [1.82, 2.24) is 10.6 Å². The molecule has 0 amide bonds. The number of benzene rings is 1. The van der Waals surface area contributed by atoms with Crippen molar-refractivity contribution >= 4 is 15.8 Å². The Kier molecular flexibility index (Phi) is 7.25. The molecule has 140 valence electrons. The topological polar surface area (TPSA) is 79.8 Å². The second-order valence-corrected chi connectivity index (χ2v) is 8.58. The van der Waals surface area contributed by atoms with Crippen LogP contribution in [0.15, 0.2) is 28.1 Å². The Hall–Kier alpha value is -1.60. The molecule has 2 rings (SSSR count). The zero-order valence-corrected chi connectivity index (χ0v) is 16.2. The highest BCUT2D eigenvalue weighted by atomic mass is 32.2. The zero-order chi connectivity index (χ0) is 18.3. The molecule has 1 aromatic rings. The number of guanidine groups is 1. The summed E-state index contributed by atoms with van der Waals surface area (Å²) >= 11 is 0. The highest BCUT2D eigenvalue weighted by Crippen LogP contribution is 2.28. The van der Waals surface area contributed by atoms with Crippen molar-refractivity contribution in [2.75, 3.05) is 33.1 Å². The standard InChI is InChI=1S/C18H29N3O3S/c1-14-11-16(7-8-17(14)25(3,22)23)12-21-18(19-2)20-9-4-10-24-13-15-5-6-15/h7-8,11,15H,4-6,9-10,12-13H2,1-3H3,(H2,19,20,21). The van der Waals surface area contributed by atoms with Gasteiger partial charge < -0.3 is 15.4 Å². The molecule has 0 atom stereocenters. The number of aryl methyl sites for hydroxylation is 1. The second kappa shape index (κ2) is 9.20. The Labute approximate surface area is 151 Å². The number of nitrogens with zero attached hydrogens (tertiary/aromatic N) is 1. The van der Waals surface area contributed by atoms with Crippen molar-refractivity contribution in [1.29, 1.82) is 0 Å². The molecule has 1 aliphatic carbocycles. The summed E-state index contributed by atoms with van der Waals surface area (Å²) in [4.78, 5) is 4.58. The quantitative estimate of drug-likeness (QED) is 0.396. The van der Waals surface area contributed by atoms with Crippen molar-refractivity contribution in [2.24, 2.45) is 10.9 Å². The summed E-state index contributed by atoms with van der Waals surface area (Å²) in [5.41, 5.74) is 1.78. The van der Waals surface area contributed by atoms with E-state index < -0.39 is 9.84 Å². The minimum absolute atomic E-state index is 0.380. The SMILES string of the molecule is CN=C(NCCCOCC1CC1)NCc1ccc(S(C)(=O)=O)c(C)c1. The summed E-state index contributed by atoms with van der Waals surface area (Å²) in [7, 11) is -1.44. The lowest BCUT2D eigenvalue weighted by Gasteiger charge is -2.13. The molecule has 25 heavy (non-hydrogen) atoms. The highest BCUT2D eigenvalue weighted by Gasteiger charge is 2.20.